The number of aliphatic hydroxyl groups is 1. The zero-order valence-electron chi connectivity index (χ0n) is 11.0. The first-order chi connectivity index (χ1) is 9.15. The highest BCUT2D eigenvalue weighted by Gasteiger charge is 2.24. The van der Waals surface area contributed by atoms with E-state index in [1.165, 1.54) is 0 Å². The van der Waals surface area contributed by atoms with Crippen molar-refractivity contribution in [2.45, 2.75) is 19.4 Å². The third kappa shape index (κ3) is 2.24. The van der Waals surface area contributed by atoms with Crippen molar-refractivity contribution < 1.29 is 5.11 Å². The number of fused-ring (bicyclic) bond motifs is 1. The smallest absolute Gasteiger partial charge is 0.257 e. The molecule has 0 radical (unpaired) electrons. The Kier molecular flexibility index (Phi) is 3.03. The molecule has 4 heteroatoms. The number of nitrogens with one attached hydrogen (secondary N) is 1. The van der Waals surface area contributed by atoms with Gasteiger partial charge in [-0.2, -0.15) is 0 Å². The van der Waals surface area contributed by atoms with Crippen molar-refractivity contribution in [3.8, 4) is 0 Å². The van der Waals surface area contributed by atoms with Crippen LogP contribution in [-0.2, 0) is 0 Å². The molecular formula is C15H18N2O2. The molecule has 2 atom stereocenters. The molecule has 3 rings (SSSR count). The van der Waals surface area contributed by atoms with Gasteiger partial charge >= 0.3 is 0 Å². The summed E-state index contributed by atoms with van der Waals surface area (Å²) in [7, 11) is 0. The van der Waals surface area contributed by atoms with Gasteiger partial charge in [-0.25, -0.2) is 0 Å². The zero-order valence-corrected chi connectivity index (χ0v) is 11.0. The standard InChI is InChI=1S/C15H18N2O2/c1-10-9-17(7-6-13(10)18)14-8-11-4-2-3-5-12(11)15(19)16-14/h2-5,8,10,13,18H,6-7,9H2,1H3,(H,16,19). The molecule has 0 aliphatic carbocycles. The summed E-state index contributed by atoms with van der Waals surface area (Å²) in [5.41, 5.74) is -0.0492. The van der Waals surface area contributed by atoms with Gasteiger partial charge in [0, 0.05) is 18.5 Å². The average Bonchev–Trinajstić information content (AvgIpc) is 2.42. The Labute approximate surface area is 111 Å². The van der Waals surface area contributed by atoms with Crippen LogP contribution in [0, 0.1) is 5.92 Å². The summed E-state index contributed by atoms with van der Waals surface area (Å²) < 4.78 is 0. The van der Waals surface area contributed by atoms with Crippen LogP contribution < -0.4 is 10.5 Å². The van der Waals surface area contributed by atoms with E-state index in [-0.39, 0.29) is 17.6 Å². The van der Waals surface area contributed by atoms with E-state index in [0.29, 0.717) is 0 Å². The van der Waals surface area contributed by atoms with Gasteiger partial charge in [-0.1, -0.05) is 25.1 Å². The van der Waals surface area contributed by atoms with Gasteiger partial charge in [0.25, 0.3) is 5.56 Å². The summed E-state index contributed by atoms with van der Waals surface area (Å²) >= 11 is 0. The van der Waals surface area contributed by atoms with Crippen LogP contribution in [0.25, 0.3) is 10.8 Å². The van der Waals surface area contributed by atoms with Crippen molar-refractivity contribution in [3.05, 3.63) is 40.7 Å². The Balaban J connectivity index is 1.99. The molecule has 1 aliphatic heterocycles. The lowest BCUT2D eigenvalue weighted by Crippen LogP contribution is -2.42. The first-order valence-corrected chi connectivity index (χ1v) is 6.70. The third-order valence-corrected chi connectivity index (χ3v) is 3.94. The number of H-pyrrole nitrogens is 1. The van der Waals surface area contributed by atoms with Gasteiger partial charge in [-0.15, -0.1) is 0 Å². The summed E-state index contributed by atoms with van der Waals surface area (Å²) in [4.78, 5) is 17.1. The third-order valence-electron chi connectivity index (χ3n) is 3.94. The quantitative estimate of drug-likeness (QED) is 0.819. The van der Waals surface area contributed by atoms with Crippen LogP contribution in [0.5, 0.6) is 0 Å². The lowest BCUT2D eigenvalue weighted by molar-refractivity contribution is 0.0969. The molecule has 1 aromatic carbocycles. The summed E-state index contributed by atoms with van der Waals surface area (Å²) in [5.74, 6) is 1.08. The van der Waals surface area contributed by atoms with E-state index in [9.17, 15) is 9.90 Å². The van der Waals surface area contributed by atoms with Crippen LogP contribution >= 0.6 is 0 Å². The number of anilines is 1. The van der Waals surface area contributed by atoms with Crippen LogP contribution in [0.2, 0.25) is 0 Å². The van der Waals surface area contributed by atoms with Crippen LogP contribution in [0.4, 0.5) is 5.82 Å². The lowest BCUT2D eigenvalue weighted by atomic mass is 9.97. The van der Waals surface area contributed by atoms with Crippen LogP contribution in [0.3, 0.4) is 0 Å². The number of aromatic nitrogens is 1. The maximum atomic E-state index is 12.1. The number of hydrogen-bond donors (Lipinski definition) is 2. The van der Waals surface area contributed by atoms with Crippen molar-refractivity contribution >= 4 is 16.6 Å². The number of piperidine rings is 1. The van der Waals surface area contributed by atoms with E-state index >= 15 is 0 Å². The van der Waals surface area contributed by atoms with Crippen molar-refractivity contribution in [2.75, 3.05) is 18.0 Å². The van der Waals surface area contributed by atoms with Gasteiger partial charge in [0.15, 0.2) is 0 Å². The summed E-state index contributed by atoms with van der Waals surface area (Å²) in [6.45, 7) is 3.59. The highest BCUT2D eigenvalue weighted by molar-refractivity contribution is 5.83. The minimum absolute atomic E-state index is 0.0492. The molecule has 19 heavy (non-hydrogen) atoms. The molecule has 1 saturated heterocycles. The first kappa shape index (κ1) is 12.2. The molecule has 1 aliphatic rings. The Bertz CT molecular complexity index is 650. The van der Waals surface area contributed by atoms with Crippen molar-refractivity contribution in [3.63, 3.8) is 0 Å². The largest absolute Gasteiger partial charge is 0.393 e. The molecule has 0 spiro atoms. The van der Waals surface area contributed by atoms with Gasteiger partial charge in [0.1, 0.15) is 5.82 Å². The van der Waals surface area contributed by atoms with Gasteiger partial charge < -0.3 is 15.0 Å². The molecule has 1 fully saturated rings. The van der Waals surface area contributed by atoms with Crippen molar-refractivity contribution in [2.24, 2.45) is 5.92 Å². The molecule has 0 amide bonds. The topological polar surface area (TPSA) is 56.3 Å². The Hall–Kier alpha value is -1.81. The maximum Gasteiger partial charge on any atom is 0.257 e. The molecule has 0 bridgehead atoms. The molecule has 1 aromatic heterocycles. The fraction of sp³-hybridized carbons (Fsp3) is 0.400. The van der Waals surface area contributed by atoms with E-state index in [4.69, 9.17) is 0 Å². The number of aromatic amines is 1. The molecule has 0 saturated carbocycles. The average molecular weight is 258 g/mol. The second-order valence-electron chi connectivity index (χ2n) is 5.35. The van der Waals surface area contributed by atoms with Gasteiger partial charge in [0.05, 0.1) is 6.10 Å². The van der Waals surface area contributed by atoms with Crippen LogP contribution in [-0.4, -0.2) is 29.3 Å². The molecule has 2 aromatic rings. The molecule has 2 unspecified atom stereocenters. The Morgan fingerprint density at radius 3 is 2.95 bits per heavy atom. The minimum atomic E-state index is -0.233. The zero-order chi connectivity index (χ0) is 13.4. The lowest BCUT2D eigenvalue weighted by Gasteiger charge is -2.35. The fourth-order valence-electron chi connectivity index (χ4n) is 2.72. The highest BCUT2D eigenvalue weighted by Crippen LogP contribution is 2.23. The molecular weight excluding hydrogens is 240 g/mol. The van der Waals surface area contributed by atoms with Crippen LogP contribution in [0.15, 0.2) is 35.1 Å². The number of nitrogens with zero attached hydrogens (tertiary/aromatic N) is 1. The second kappa shape index (κ2) is 4.70. The maximum absolute atomic E-state index is 12.1. The van der Waals surface area contributed by atoms with E-state index < -0.39 is 0 Å². The van der Waals surface area contributed by atoms with Crippen molar-refractivity contribution in [1.82, 2.24) is 4.98 Å². The highest BCUT2D eigenvalue weighted by atomic mass is 16.3. The normalized spacial score (nSPS) is 23.8. The van der Waals surface area contributed by atoms with E-state index in [2.05, 4.69) is 9.88 Å². The van der Waals surface area contributed by atoms with E-state index in [1.54, 1.807) is 0 Å². The fourth-order valence-corrected chi connectivity index (χ4v) is 2.72. The van der Waals surface area contributed by atoms with Gasteiger partial charge in [0.2, 0.25) is 0 Å². The number of benzene rings is 1. The SMILES string of the molecule is CC1CN(c2cc3ccccc3c(=O)[nH]2)CCC1O. The van der Waals surface area contributed by atoms with Gasteiger partial charge in [-0.3, -0.25) is 4.79 Å². The molecule has 2 heterocycles. The molecule has 100 valence electrons. The van der Waals surface area contributed by atoms with E-state index in [0.717, 1.165) is 36.1 Å². The number of rotatable bonds is 1. The predicted molar refractivity (Wildman–Crippen MR) is 76.6 cm³/mol. The van der Waals surface area contributed by atoms with Gasteiger partial charge in [-0.05, 0) is 29.9 Å². The number of aliphatic hydroxyl groups excluding tert-OH is 1. The van der Waals surface area contributed by atoms with E-state index in [1.807, 2.05) is 37.3 Å². The van der Waals surface area contributed by atoms with Crippen LogP contribution in [0.1, 0.15) is 13.3 Å². The Morgan fingerprint density at radius 2 is 2.16 bits per heavy atom. The first-order valence-electron chi connectivity index (χ1n) is 6.70. The predicted octanol–water partition coefficient (Wildman–Crippen LogP) is 1.74. The number of pyridine rings is 1. The Morgan fingerprint density at radius 1 is 1.37 bits per heavy atom. The summed E-state index contributed by atoms with van der Waals surface area (Å²) in [6, 6.07) is 9.61. The summed E-state index contributed by atoms with van der Waals surface area (Å²) in [5, 5.41) is 11.4. The van der Waals surface area contributed by atoms with Crippen molar-refractivity contribution in [1.29, 1.82) is 0 Å². The molecule has 4 nitrogen and oxygen atoms in total. The summed E-state index contributed by atoms with van der Waals surface area (Å²) in [6.07, 6.45) is 0.513. The molecule has 2 N–H and O–H groups in total. The minimum Gasteiger partial charge on any atom is -0.393 e. The monoisotopic (exact) mass is 258 g/mol. The number of hydrogen-bond acceptors (Lipinski definition) is 3. The second-order valence-corrected chi connectivity index (χ2v) is 5.35.